The first-order valence-electron chi connectivity index (χ1n) is 8.58. The van der Waals surface area contributed by atoms with Crippen molar-refractivity contribution in [1.29, 1.82) is 0 Å². The molecule has 0 radical (unpaired) electrons. The molecule has 0 unspecified atom stereocenters. The van der Waals surface area contributed by atoms with Crippen molar-refractivity contribution in [1.82, 2.24) is 4.90 Å². The monoisotopic (exact) mass is 363 g/mol. The zero-order valence-electron chi connectivity index (χ0n) is 14.8. The quantitative estimate of drug-likeness (QED) is 0.423. The molecule has 5 nitrogen and oxygen atoms in total. The van der Waals surface area contributed by atoms with E-state index in [1.54, 1.807) is 16.7 Å². The fraction of sp³-hybridized carbons (Fsp3) is 0.526. The van der Waals surface area contributed by atoms with Crippen molar-refractivity contribution in [3.8, 4) is 0 Å². The number of hydrogen-bond acceptors (Lipinski definition) is 5. The highest BCUT2D eigenvalue weighted by atomic mass is 32.2. The van der Waals surface area contributed by atoms with Crippen LogP contribution in [0.15, 0.2) is 29.2 Å². The van der Waals surface area contributed by atoms with Crippen molar-refractivity contribution < 1.29 is 19.1 Å². The first-order valence-corrected chi connectivity index (χ1v) is 9.81. The molecular weight excluding hydrogens is 338 g/mol. The molecule has 0 aliphatic carbocycles. The van der Waals surface area contributed by atoms with Crippen molar-refractivity contribution in [2.24, 2.45) is 5.92 Å². The zero-order valence-corrected chi connectivity index (χ0v) is 15.6. The van der Waals surface area contributed by atoms with Crippen molar-refractivity contribution >= 4 is 29.4 Å². The number of ether oxygens (including phenoxy) is 1. The first kappa shape index (κ1) is 19.5. The molecule has 1 fully saturated rings. The Morgan fingerprint density at radius 3 is 2.72 bits per heavy atom. The van der Waals surface area contributed by atoms with Crippen LogP contribution in [0.25, 0.3) is 0 Å². The predicted octanol–water partition coefficient (Wildman–Crippen LogP) is 3.17. The van der Waals surface area contributed by atoms with Gasteiger partial charge in [-0.3, -0.25) is 14.4 Å². The Hall–Kier alpha value is -1.82. The summed E-state index contributed by atoms with van der Waals surface area (Å²) in [5.74, 6) is -0.309. The van der Waals surface area contributed by atoms with Gasteiger partial charge in [0.25, 0.3) is 0 Å². The van der Waals surface area contributed by atoms with Gasteiger partial charge in [0.1, 0.15) is 0 Å². The number of nitrogens with zero attached hydrogens (tertiary/aromatic N) is 1. The van der Waals surface area contributed by atoms with Crippen LogP contribution in [0, 0.1) is 5.92 Å². The van der Waals surface area contributed by atoms with Crippen LogP contribution in [-0.2, 0) is 14.3 Å². The third kappa shape index (κ3) is 5.33. The van der Waals surface area contributed by atoms with Gasteiger partial charge in [-0.05, 0) is 31.6 Å². The number of likely N-dealkylation sites (tertiary alicyclic amines) is 1. The maximum absolute atomic E-state index is 12.9. The second-order valence-electron chi connectivity index (χ2n) is 6.17. The lowest BCUT2D eigenvalue weighted by Crippen LogP contribution is -2.42. The minimum atomic E-state index is -0.298. The Balaban J connectivity index is 1.94. The maximum Gasteiger partial charge on any atom is 0.305 e. The Labute approximate surface area is 153 Å². The fourth-order valence-corrected chi connectivity index (χ4v) is 3.73. The van der Waals surface area contributed by atoms with E-state index < -0.39 is 0 Å². The summed E-state index contributed by atoms with van der Waals surface area (Å²) in [6.45, 7) is 1.16. The van der Waals surface area contributed by atoms with Crippen molar-refractivity contribution in [3.63, 3.8) is 0 Å². The lowest BCUT2D eigenvalue weighted by Gasteiger charge is -2.32. The summed E-state index contributed by atoms with van der Waals surface area (Å²) in [5.41, 5.74) is 0.750. The number of thioether (sulfide) groups is 1. The third-order valence-electron chi connectivity index (χ3n) is 4.52. The number of hydrogen-bond donors (Lipinski definition) is 0. The molecule has 25 heavy (non-hydrogen) atoms. The highest BCUT2D eigenvalue weighted by Gasteiger charge is 2.29. The molecule has 1 aromatic rings. The van der Waals surface area contributed by atoms with Crippen molar-refractivity contribution in [2.45, 2.75) is 37.0 Å². The molecule has 0 spiro atoms. The van der Waals surface area contributed by atoms with Crippen molar-refractivity contribution in [3.05, 3.63) is 29.8 Å². The maximum atomic E-state index is 12.9. The number of rotatable bonds is 7. The van der Waals surface area contributed by atoms with Gasteiger partial charge in [0.2, 0.25) is 5.91 Å². The van der Waals surface area contributed by atoms with Crippen LogP contribution in [0.3, 0.4) is 0 Å². The van der Waals surface area contributed by atoms with E-state index in [0.717, 1.165) is 23.3 Å². The third-order valence-corrected chi connectivity index (χ3v) is 5.31. The van der Waals surface area contributed by atoms with Gasteiger partial charge < -0.3 is 9.64 Å². The zero-order chi connectivity index (χ0) is 18.2. The molecule has 1 aliphatic rings. The summed E-state index contributed by atoms with van der Waals surface area (Å²) in [5, 5.41) is 0. The SMILES string of the molecule is COC(=O)CCCC(=O)N1CCC[C@H](C(=O)c2ccccc2SC)C1. The minimum Gasteiger partial charge on any atom is -0.469 e. The van der Waals surface area contributed by atoms with Crippen LogP contribution < -0.4 is 0 Å². The molecular formula is C19H25NO4S. The summed E-state index contributed by atoms with van der Waals surface area (Å²) >= 11 is 1.57. The molecule has 1 amide bonds. The summed E-state index contributed by atoms with van der Waals surface area (Å²) < 4.78 is 4.59. The number of piperidine rings is 1. The smallest absolute Gasteiger partial charge is 0.305 e. The highest BCUT2D eigenvalue weighted by molar-refractivity contribution is 7.98. The number of benzene rings is 1. The average Bonchev–Trinajstić information content (AvgIpc) is 2.67. The molecule has 136 valence electrons. The molecule has 6 heteroatoms. The van der Waals surface area contributed by atoms with E-state index in [-0.39, 0.29) is 30.0 Å². The Morgan fingerprint density at radius 2 is 2.00 bits per heavy atom. The number of ketones is 1. The largest absolute Gasteiger partial charge is 0.469 e. The average molecular weight is 363 g/mol. The Bertz CT molecular complexity index is 632. The number of methoxy groups -OCH3 is 1. The summed E-state index contributed by atoms with van der Waals surface area (Å²) in [6.07, 6.45) is 4.66. The molecule has 0 N–H and O–H groups in total. The number of carbonyl (C=O) groups excluding carboxylic acids is 3. The molecule has 1 aromatic carbocycles. The number of Topliss-reactive ketones (excluding diaryl/α,β-unsaturated/α-hetero) is 1. The minimum absolute atomic E-state index is 0.0135. The van der Waals surface area contributed by atoms with Crippen LogP contribution in [0.2, 0.25) is 0 Å². The topological polar surface area (TPSA) is 63.7 Å². The van der Waals surface area contributed by atoms with E-state index in [1.165, 1.54) is 7.11 Å². The van der Waals surface area contributed by atoms with Crippen LogP contribution in [-0.4, -0.2) is 49.0 Å². The van der Waals surface area contributed by atoms with Crippen LogP contribution in [0.4, 0.5) is 0 Å². The van der Waals surface area contributed by atoms with Crippen molar-refractivity contribution in [2.75, 3.05) is 26.5 Å². The summed E-state index contributed by atoms with van der Waals surface area (Å²) in [7, 11) is 1.34. The lowest BCUT2D eigenvalue weighted by molar-refractivity contribution is -0.141. The fourth-order valence-electron chi connectivity index (χ4n) is 3.13. The Morgan fingerprint density at radius 1 is 1.24 bits per heavy atom. The van der Waals surface area contributed by atoms with E-state index in [4.69, 9.17) is 0 Å². The molecule has 0 aromatic heterocycles. The predicted molar refractivity (Wildman–Crippen MR) is 97.7 cm³/mol. The number of carbonyl (C=O) groups is 3. The van der Waals surface area contributed by atoms with Gasteiger partial charge in [0.05, 0.1) is 7.11 Å². The van der Waals surface area contributed by atoms with E-state index >= 15 is 0 Å². The highest BCUT2D eigenvalue weighted by Crippen LogP contribution is 2.27. The molecule has 0 bridgehead atoms. The van der Waals surface area contributed by atoms with Gasteiger partial charge in [-0.15, -0.1) is 11.8 Å². The lowest BCUT2D eigenvalue weighted by atomic mass is 9.89. The molecule has 1 heterocycles. The normalized spacial score (nSPS) is 17.2. The Kier molecular flexibility index (Phi) is 7.50. The molecule has 1 aliphatic heterocycles. The van der Waals surface area contributed by atoms with Gasteiger partial charge in [0.15, 0.2) is 5.78 Å². The van der Waals surface area contributed by atoms with E-state index in [1.807, 2.05) is 30.5 Å². The first-order chi connectivity index (χ1) is 12.1. The van der Waals surface area contributed by atoms with Gasteiger partial charge >= 0.3 is 5.97 Å². The van der Waals surface area contributed by atoms with Gasteiger partial charge in [-0.1, -0.05) is 18.2 Å². The molecule has 1 saturated heterocycles. The summed E-state index contributed by atoms with van der Waals surface area (Å²) in [6, 6.07) is 7.63. The number of esters is 1. The van der Waals surface area contributed by atoms with Crippen LogP contribution in [0.1, 0.15) is 42.5 Å². The molecule has 0 saturated carbocycles. The standard InChI is InChI=1S/C19H25NO4S/c1-24-18(22)11-5-10-17(21)20-12-6-7-14(13-20)19(23)15-8-3-4-9-16(15)25-2/h3-4,8-9,14H,5-7,10-13H2,1-2H3/t14-/m0/s1. The second-order valence-corrected chi connectivity index (χ2v) is 7.02. The van der Waals surface area contributed by atoms with E-state index in [2.05, 4.69) is 4.74 Å². The van der Waals surface area contributed by atoms with Gasteiger partial charge in [-0.25, -0.2) is 0 Å². The molecule has 1 atom stereocenters. The summed E-state index contributed by atoms with van der Waals surface area (Å²) in [4.78, 5) is 39.1. The van der Waals surface area contributed by atoms with E-state index in [0.29, 0.717) is 25.9 Å². The number of amides is 1. The van der Waals surface area contributed by atoms with Gasteiger partial charge in [-0.2, -0.15) is 0 Å². The van der Waals surface area contributed by atoms with E-state index in [9.17, 15) is 14.4 Å². The second kappa shape index (κ2) is 9.61. The van der Waals surface area contributed by atoms with Gasteiger partial charge in [0, 0.05) is 42.3 Å². The molecule has 2 rings (SSSR count). The van der Waals surface area contributed by atoms with Crippen LogP contribution in [0.5, 0.6) is 0 Å². The van der Waals surface area contributed by atoms with Crippen LogP contribution >= 0.6 is 11.8 Å².